The summed E-state index contributed by atoms with van der Waals surface area (Å²) in [6, 6.07) is 3.19. The third-order valence-electron chi connectivity index (χ3n) is 3.59. The molecule has 1 aromatic heterocycles. The first-order valence-electron chi connectivity index (χ1n) is 6.46. The number of carbonyl (C=O) groups is 1. The zero-order valence-corrected chi connectivity index (χ0v) is 10.8. The summed E-state index contributed by atoms with van der Waals surface area (Å²) in [5.41, 5.74) is 5.93. The minimum atomic E-state index is -4.23. The highest BCUT2D eigenvalue weighted by molar-refractivity contribution is 5.94. The number of nitrogens with one attached hydrogen (secondary N) is 1. The Bertz CT molecular complexity index is 490. The van der Waals surface area contributed by atoms with E-state index >= 15 is 0 Å². The van der Waals surface area contributed by atoms with E-state index in [2.05, 4.69) is 10.3 Å². The van der Waals surface area contributed by atoms with E-state index in [-0.39, 0.29) is 18.7 Å². The lowest BCUT2D eigenvalue weighted by atomic mass is 9.80. The first kappa shape index (κ1) is 14.6. The Labute approximate surface area is 114 Å². The van der Waals surface area contributed by atoms with Crippen molar-refractivity contribution in [1.82, 2.24) is 4.98 Å². The van der Waals surface area contributed by atoms with Crippen LogP contribution in [0.2, 0.25) is 0 Å². The molecule has 0 saturated heterocycles. The summed E-state index contributed by atoms with van der Waals surface area (Å²) < 4.78 is 38.1. The monoisotopic (exact) mass is 287 g/mol. The topological polar surface area (TPSA) is 68.0 Å². The van der Waals surface area contributed by atoms with Gasteiger partial charge in [-0.15, -0.1) is 0 Å². The highest BCUT2D eigenvalue weighted by atomic mass is 19.4. The summed E-state index contributed by atoms with van der Waals surface area (Å²) >= 11 is 0. The Balaban J connectivity index is 2.01. The van der Waals surface area contributed by atoms with Crippen molar-refractivity contribution in [3.05, 3.63) is 18.3 Å². The molecule has 3 N–H and O–H groups in total. The number of nitrogens with zero attached hydrogens (tertiary/aromatic N) is 1. The first-order chi connectivity index (χ1) is 9.38. The molecule has 4 nitrogen and oxygen atoms in total. The van der Waals surface area contributed by atoms with Gasteiger partial charge in [0.1, 0.15) is 0 Å². The van der Waals surface area contributed by atoms with Crippen LogP contribution in [0.5, 0.6) is 0 Å². The van der Waals surface area contributed by atoms with Crippen molar-refractivity contribution < 1.29 is 18.0 Å². The molecule has 2 unspecified atom stereocenters. The highest BCUT2D eigenvalue weighted by Crippen LogP contribution is 2.40. The molecule has 7 heteroatoms. The van der Waals surface area contributed by atoms with Gasteiger partial charge in [-0.2, -0.15) is 13.2 Å². The molecular formula is C13H16F3N3O. The number of carbonyl (C=O) groups excluding carboxylic acids is 1. The molecule has 20 heavy (non-hydrogen) atoms. The lowest BCUT2D eigenvalue weighted by Crippen LogP contribution is -2.34. The van der Waals surface area contributed by atoms with Gasteiger partial charge in [0.15, 0.2) is 5.82 Å². The molecule has 1 amide bonds. The van der Waals surface area contributed by atoms with E-state index in [9.17, 15) is 18.0 Å². The third-order valence-corrected chi connectivity index (χ3v) is 3.59. The number of pyridine rings is 1. The molecule has 1 aliphatic carbocycles. The number of hydrogen-bond acceptors (Lipinski definition) is 3. The van der Waals surface area contributed by atoms with E-state index in [0.717, 1.165) is 0 Å². The maximum absolute atomic E-state index is 12.7. The summed E-state index contributed by atoms with van der Waals surface area (Å²) in [6.45, 7) is 0. The highest BCUT2D eigenvalue weighted by Gasteiger charge is 2.43. The lowest BCUT2D eigenvalue weighted by Gasteiger charge is -2.29. The molecule has 0 aliphatic heterocycles. The van der Waals surface area contributed by atoms with Gasteiger partial charge in [-0.3, -0.25) is 4.79 Å². The fraction of sp³-hybridized carbons (Fsp3) is 0.538. The van der Waals surface area contributed by atoms with E-state index in [0.29, 0.717) is 18.5 Å². The molecule has 1 aliphatic rings. The van der Waals surface area contributed by atoms with Crippen LogP contribution in [0.4, 0.5) is 24.7 Å². The molecule has 2 rings (SSSR count). The first-order valence-corrected chi connectivity index (χ1v) is 6.46. The average Bonchev–Trinajstić information content (AvgIpc) is 2.40. The zero-order chi connectivity index (χ0) is 14.8. The Hall–Kier alpha value is -1.79. The van der Waals surface area contributed by atoms with Crippen LogP contribution in [0.25, 0.3) is 0 Å². The van der Waals surface area contributed by atoms with E-state index < -0.39 is 23.9 Å². The molecule has 0 radical (unpaired) electrons. The number of nitrogens with two attached hydrogens (primary N) is 1. The Morgan fingerprint density at radius 2 is 2.15 bits per heavy atom. The van der Waals surface area contributed by atoms with Crippen LogP contribution >= 0.6 is 0 Å². The smallest absolute Gasteiger partial charge is 0.391 e. The maximum Gasteiger partial charge on any atom is 0.391 e. The molecule has 0 bridgehead atoms. The molecule has 1 aromatic rings. The van der Waals surface area contributed by atoms with Crippen LogP contribution in [0.3, 0.4) is 0 Å². The predicted molar refractivity (Wildman–Crippen MR) is 68.8 cm³/mol. The number of alkyl halides is 3. The summed E-state index contributed by atoms with van der Waals surface area (Å²) in [4.78, 5) is 15.9. The Morgan fingerprint density at radius 1 is 1.40 bits per heavy atom. The summed E-state index contributed by atoms with van der Waals surface area (Å²) in [6.07, 6.45) is -1.97. The number of nitrogen functional groups attached to an aromatic ring is 1. The Morgan fingerprint density at radius 3 is 2.80 bits per heavy atom. The minimum Gasteiger partial charge on any atom is -0.396 e. The van der Waals surface area contributed by atoms with Crippen LogP contribution in [-0.2, 0) is 4.79 Å². The fourth-order valence-electron chi connectivity index (χ4n) is 2.47. The molecule has 1 fully saturated rings. The number of rotatable bonds is 2. The van der Waals surface area contributed by atoms with Crippen molar-refractivity contribution in [2.45, 2.75) is 31.9 Å². The Kier molecular flexibility index (Phi) is 4.15. The van der Waals surface area contributed by atoms with Gasteiger partial charge in [-0.25, -0.2) is 4.98 Å². The predicted octanol–water partition coefficient (Wildman–Crippen LogP) is 2.97. The van der Waals surface area contributed by atoms with Gasteiger partial charge < -0.3 is 11.1 Å². The molecule has 2 atom stereocenters. The van der Waals surface area contributed by atoms with Crippen molar-refractivity contribution >= 4 is 17.4 Å². The van der Waals surface area contributed by atoms with E-state index in [1.165, 1.54) is 6.20 Å². The van der Waals surface area contributed by atoms with Gasteiger partial charge in [-0.05, 0) is 31.4 Å². The zero-order valence-electron chi connectivity index (χ0n) is 10.8. The van der Waals surface area contributed by atoms with E-state index in [4.69, 9.17) is 5.73 Å². The summed E-state index contributed by atoms with van der Waals surface area (Å²) in [7, 11) is 0. The average molecular weight is 287 g/mol. The summed E-state index contributed by atoms with van der Waals surface area (Å²) in [5, 5.41) is 2.51. The number of aromatic nitrogens is 1. The SMILES string of the molecule is Nc1cccnc1NC(=O)C1CCCC(C(F)(F)F)C1. The van der Waals surface area contributed by atoms with Gasteiger partial charge in [0.05, 0.1) is 11.6 Å². The normalized spacial score (nSPS) is 23.4. The second-order valence-corrected chi connectivity index (χ2v) is 5.03. The standard InChI is InChI=1S/C13H16F3N3O/c14-13(15,16)9-4-1-3-8(7-9)12(20)19-11-10(17)5-2-6-18-11/h2,5-6,8-9H,1,3-4,7,17H2,(H,18,19,20). The molecule has 110 valence electrons. The van der Waals surface area contributed by atoms with Crippen molar-refractivity contribution in [2.75, 3.05) is 11.1 Å². The molecule has 0 spiro atoms. The van der Waals surface area contributed by atoms with Crippen molar-refractivity contribution in [2.24, 2.45) is 11.8 Å². The summed E-state index contributed by atoms with van der Waals surface area (Å²) in [5.74, 6) is -2.28. The van der Waals surface area contributed by atoms with Crippen LogP contribution < -0.4 is 11.1 Å². The van der Waals surface area contributed by atoms with Crippen LogP contribution in [0, 0.1) is 11.8 Å². The van der Waals surface area contributed by atoms with Crippen LogP contribution in [-0.4, -0.2) is 17.1 Å². The van der Waals surface area contributed by atoms with Gasteiger partial charge in [0.2, 0.25) is 5.91 Å². The van der Waals surface area contributed by atoms with Gasteiger partial charge in [-0.1, -0.05) is 6.42 Å². The second kappa shape index (κ2) is 5.68. The lowest BCUT2D eigenvalue weighted by molar-refractivity contribution is -0.185. The molecular weight excluding hydrogens is 271 g/mol. The number of amides is 1. The maximum atomic E-state index is 12.7. The van der Waals surface area contributed by atoms with Crippen LogP contribution in [0.15, 0.2) is 18.3 Å². The number of hydrogen-bond donors (Lipinski definition) is 2. The van der Waals surface area contributed by atoms with E-state index in [1.807, 2.05) is 0 Å². The number of halogens is 3. The quantitative estimate of drug-likeness (QED) is 0.878. The van der Waals surface area contributed by atoms with E-state index in [1.54, 1.807) is 12.1 Å². The second-order valence-electron chi connectivity index (χ2n) is 5.03. The largest absolute Gasteiger partial charge is 0.396 e. The van der Waals surface area contributed by atoms with Gasteiger partial charge >= 0.3 is 6.18 Å². The van der Waals surface area contributed by atoms with Gasteiger partial charge in [0, 0.05) is 12.1 Å². The van der Waals surface area contributed by atoms with Gasteiger partial charge in [0.25, 0.3) is 0 Å². The van der Waals surface area contributed by atoms with Crippen molar-refractivity contribution in [3.8, 4) is 0 Å². The minimum absolute atomic E-state index is 0.0962. The fourth-order valence-corrected chi connectivity index (χ4v) is 2.47. The molecule has 0 aromatic carbocycles. The van der Waals surface area contributed by atoms with Crippen LogP contribution in [0.1, 0.15) is 25.7 Å². The third kappa shape index (κ3) is 3.40. The van der Waals surface area contributed by atoms with Crippen molar-refractivity contribution in [3.63, 3.8) is 0 Å². The van der Waals surface area contributed by atoms with Crippen molar-refractivity contribution in [1.29, 1.82) is 0 Å². The molecule has 1 heterocycles. The number of anilines is 2. The molecule has 1 saturated carbocycles.